The number of anilines is 1. The Morgan fingerprint density at radius 1 is 1.28 bits per heavy atom. The fraction of sp³-hybridized carbons (Fsp3) is 0.611. The van der Waals surface area contributed by atoms with Crippen molar-refractivity contribution in [3.05, 3.63) is 24.3 Å². The first-order chi connectivity index (χ1) is 11.9. The number of carbonyl (C=O) groups excluding carboxylic acids is 1. The molecule has 6 nitrogen and oxygen atoms in total. The number of nitrogens with zero attached hydrogens (tertiary/aromatic N) is 2. The van der Waals surface area contributed by atoms with Crippen LogP contribution in [0.2, 0.25) is 0 Å². The third-order valence-corrected chi connectivity index (χ3v) is 5.66. The second-order valence-electron chi connectivity index (χ2n) is 6.32. The smallest absolute Gasteiger partial charge is 0.243 e. The number of likely N-dealkylation sites (tertiary alicyclic amines) is 1. The van der Waals surface area contributed by atoms with Crippen molar-refractivity contribution in [2.75, 3.05) is 30.3 Å². The maximum absolute atomic E-state index is 12.8. The molecule has 1 atom stereocenters. The van der Waals surface area contributed by atoms with Crippen molar-refractivity contribution < 1.29 is 17.9 Å². The topological polar surface area (TPSA) is 66.9 Å². The Labute approximate surface area is 150 Å². The van der Waals surface area contributed by atoms with Crippen LogP contribution in [-0.2, 0) is 14.8 Å². The van der Waals surface area contributed by atoms with E-state index in [1.807, 2.05) is 11.8 Å². The zero-order chi connectivity index (χ0) is 18.4. The molecule has 1 aromatic carbocycles. The molecule has 0 radical (unpaired) electrons. The standard InChI is InChI=1S/C18H28N2O4S/c1-4-15-10-8-9-13-19(15)18(21)14-20(25(3,22)23)16-11-6-7-12-17(16)24-5-2/h6-7,11-12,15H,4-5,8-10,13-14H2,1-3H3. The Kier molecular flexibility index (Phi) is 6.70. The van der Waals surface area contributed by atoms with Gasteiger partial charge in [0.1, 0.15) is 12.3 Å². The highest BCUT2D eigenvalue weighted by Gasteiger charge is 2.30. The highest BCUT2D eigenvalue weighted by Crippen LogP contribution is 2.30. The number of ether oxygens (including phenoxy) is 1. The average Bonchev–Trinajstić information content (AvgIpc) is 2.59. The molecule has 0 aromatic heterocycles. The summed E-state index contributed by atoms with van der Waals surface area (Å²) in [6, 6.07) is 7.12. The van der Waals surface area contributed by atoms with Gasteiger partial charge in [-0.2, -0.15) is 0 Å². The lowest BCUT2D eigenvalue weighted by Crippen LogP contribution is -2.49. The molecule has 0 N–H and O–H groups in total. The van der Waals surface area contributed by atoms with Crippen LogP contribution in [0.5, 0.6) is 5.75 Å². The van der Waals surface area contributed by atoms with Gasteiger partial charge >= 0.3 is 0 Å². The van der Waals surface area contributed by atoms with Crippen molar-refractivity contribution in [1.29, 1.82) is 0 Å². The van der Waals surface area contributed by atoms with Gasteiger partial charge in [-0.05, 0) is 44.7 Å². The molecule has 1 amide bonds. The zero-order valence-electron chi connectivity index (χ0n) is 15.3. The summed E-state index contributed by atoms with van der Waals surface area (Å²) in [4.78, 5) is 14.7. The van der Waals surface area contributed by atoms with Crippen LogP contribution in [0, 0.1) is 0 Å². The van der Waals surface area contributed by atoms with E-state index in [0.717, 1.165) is 36.2 Å². The second-order valence-corrected chi connectivity index (χ2v) is 8.22. The van der Waals surface area contributed by atoms with Crippen LogP contribution < -0.4 is 9.04 Å². The van der Waals surface area contributed by atoms with Crippen LogP contribution in [0.15, 0.2) is 24.3 Å². The molecule has 140 valence electrons. The first-order valence-electron chi connectivity index (χ1n) is 8.87. The summed E-state index contributed by atoms with van der Waals surface area (Å²) >= 11 is 0. The SMILES string of the molecule is CCOc1ccccc1N(CC(=O)N1CCCCC1CC)S(C)(=O)=O. The first kappa shape index (κ1) is 19.6. The summed E-state index contributed by atoms with van der Waals surface area (Å²) in [5.74, 6) is 0.317. The Balaban J connectivity index is 2.29. The van der Waals surface area contributed by atoms with Crippen molar-refractivity contribution in [3.8, 4) is 5.75 Å². The minimum atomic E-state index is -3.61. The average molecular weight is 368 g/mol. The normalized spacial score (nSPS) is 18.0. The van der Waals surface area contributed by atoms with E-state index in [4.69, 9.17) is 4.74 Å². The van der Waals surface area contributed by atoms with Crippen LogP contribution in [0.3, 0.4) is 0 Å². The van der Waals surface area contributed by atoms with Crippen LogP contribution in [0.25, 0.3) is 0 Å². The number of rotatable bonds is 7. The van der Waals surface area contributed by atoms with Crippen molar-refractivity contribution in [2.24, 2.45) is 0 Å². The van der Waals surface area contributed by atoms with Gasteiger partial charge in [-0.25, -0.2) is 8.42 Å². The Morgan fingerprint density at radius 2 is 2.00 bits per heavy atom. The minimum Gasteiger partial charge on any atom is -0.492 e. The number of para-hydroxylation sites is 2. The van der Waals surface area contributed by atoms with Gasteiger partial charge in [0.25, 0.3) is 0 Å². The molecule has 0 aliphatic carbocycles. The van der Waals surface area contributed by atoms with Gasteiger partial charge in [-0.1, -0.05) is 19.1 Å². The number of carbonyl (C=O) groups is 1. The fourth-order valence-corrected chi connectivity index (χ4v) is 4.14. The predicted molar refractivity (Wildman–Crippen MR) is 99.4 cm³/mol. The molecular weight excluding hydrogens is 340 g/mol. The van der Waals surface area contributed by atoms with Gasteiger partial charge in [0.15, 0.2) is 0 Å². The summed E-state index contributed by atoms with van der Waals surface area (Å²) in [6.45, 7) is 4.83. The molecule has 7 heteroatoms. The number of hydrogen-bond acceptors (Lipinski definition) is 4. The summed E-state index contributed by atoms with van der Waals surface area (Å²) in [6.07, 6.45) is 5.08. The molecule has 1 aromatic rings. The summed E-state index contributed by atoms with van der Waals surface area (Å²) in [5, 5.41) is 0. The van der Waals surface area contributed by atoms with Crippen molar-refractivity contribution >= 4 is 21.6 Å². The third-order valence-electron chi connectivity index (χ3n) is 4.53. The molecule has 1 fully saturated rings. The number of hydrogen-bond donors (Lipinski definition) is 0. The predicted octanol–water partition coefficient (Wildman–Crippen LogP) is 2.64. The lowest BCUT2D eigenvalue weighted by molar-refractivity contribution is -0.133. The largest absolute Gasteiger partial charge is 0.492 e. The van der Waals surface area contributed by atoms with Gasteiger partial charge < -0.3 is 9.64 Å². The Hall–Kier alpha value is -1.76. The van der Waals surface area contributed by atoms with Crippen molar-refractivity contribution in [1.82, 2.24) is 4.90 Å². The second kappa shape index (κ2) is 8.56. The van der Waals surface area contributed by atoms with E-state index in [0.29, 0.717) is 24.6 Å². The van der Waals surface area contributed by atoms with E-state index in [1.54, 1.807) is 24.3 Å². The van der Waals surface area contributed by atoms with Gasteiger partial charge in [0.2, 0.25) is 15.9 Å². The van der Waals surface area contributed by atoms with E-state index in [9.17, 15) is 13.2 Å². The van der Waals surface area contributed by atoms with E-state index in [-0.39, 0.29) is 18.5 Å². The molecule has 0 saturated carbocycles. The van der Waals surface area contributed by atoms with Gasteiger partial charge in [-0.3, -0.25) is 9.10 Å². The van der Waals surface area contributed by atoms with E-state index >= 15 is 0 Å². The molecule has 1 heterocycles. The highest BCUT2D eigenvalue weighted by atomic mass is 32.2. The lowest BCUT2D eigenvalue weighted by atomic mass is 10.00. The summed E-state index contributed by atoms with van der Waals surface area (Å²) in [5.41, 5.74) is 0.408. The zero-order valence-corrected chi connectivity index (χ0v) is 16.1. The molecule has 1 aliphatic rings. The Bertz CT molecular complexity index is 690. The van der Waals surface area contributed by atoms with E-state index in [2.05, 4.69) is 6.92 Å². The first-order valence-corrected chi connectivity index (χ1v) is 10.7. The van der Waals surface area contributed by atoms with Crippen LogP contribution >= 0.6 is 0 Å². The molecule has 1 aliphatic heterocycles. The van der Waals surface area contributed by atoms with Crippen molar-refractivity contribution in [2.45, 2.75) is 45.6 Å². The van der Waals surface area contributed by atoms with Crippen LogP contribution in [0.1, 0.15) is 39.5 Å². The Morgan fingerprint density at radius 3 is 2.64 bits per heavy atom. The van der Waals surface area contributed by atoms with E-state index < -0.39 is 10.0 Å². The van der Waals surface area contributed by atoms with Gasteiger partial charge in [-0.15, -0.1) is 0 Å². The third kappa shape index (κ3) is 4.87. The van der Waals surface area contributed by atoms with Gasteiger partial charge in [0.05, 0.1) is 18.6 Å². The van der Waals surface area contributed by atoms with Crippen LogP contribution in [0.4, 0.5) is 5.69 Å². The summed E-state index contributed by atoms with van der Waals surface area (Å²) < 4.78 is 31.4. The quantitative estimate of drug-likeness (QED) is 0.742. The van der Waals surface area contributed by atoms with E-state index in [1.165, 1.54) is 0 Å². The number of piperidine rings is 1. The monoisotopic (exact) mass is 368 g/mol. The minimum absolute atomic E-state index is 0.150. The maximum atomic E-state index is 12.8. The fourth-order valence-electron chi connectivity index (χ4n) is 3.29. The number of amides is 1. The molecule has 1 saturated heterocycles. The molecule has 0 bridgehead atoms. The maximum Gasteiger partial charge on any atom is 0.243 e. The summed E-state index contributed by atoms with van der Waals surface area (Å²) in [7, 11) is -3.61. The molecule has 1 unspecified atom stereocenters. The van der Waals surface area contributed by atoms with Crippen LogP contribution in [-0.4, -0.2) is 51.2 Å². The molecule has 25 heavy (non-hydrogen) atoms. The molecule has 0 spiro atoms. The lowest BCUT2D eigenvalue weighted by Gasteiger charge is -2.36. The van der Waals surface area contributed by atoms with Gasteiger partial charge in [0, 0.05) is 12.6 Å². The number of benzene rings is 1. The van der Waals surface area contributed by atoms with Crippen molar-refractivity contribution in [3.63, 3.8) is 0 Å². The highest BCUT2D eigenvalue weighted by molar-refractivity contribution is 7.92. The molecule has 2 rings (SSSR count). The number of sulfonamides is 1. The molecular formula is C18H28N2O4S.